The summed E-state index contributed by atoms with van der Waals surface area (Å²) in [6.45, 7) is 5.74. The molecule has 4 aromatic rings. The smallest absolute Gasteiger partial charge is 0.191 e. The topological polar surface area (TPSA) is 76.7 Å². The number of furan rings is 1. The first-order valence-corrected chi connectivity index (χ1v) is 9.57. The molecule has 7 heteroatoms. The summed E-state index contributed by atoms with van der Waals surface area (Å²) in [6, 6.07) is 9.75. The zero-order chi connectivity index (χ0) is 19.1. The van der Waals surface area contributed by atoms with Gasteiger partial charge in [0.15, 0.2) is 16.8 Å². The van der Waals surface area contributed by atoms with Crippen LogP contribution in [0.4, 0.5) is 0 Å². The Morgan fingerprint density at radius 1 is 1.22 bits per heavy atom. The highest BCUT2D eigenvalue weighted by Crippen LogP contribution is 2.31. The molecule has 0 bridgehead atoms. The molecule has 0 saturated carbocycles. The number of carbonyl (C=O) groups is 1. The van der Waals surface area contributed by atoms with Crippen molar-refractivity contribution in [2.24, 2.45) is 7.05 Å². The van der Waals surface area contributed by atoms with E-state index in [-0.39, 0.29) is 11.0 Å². The molecule has 27 heavy (non-hydrogen) atoms. The van der Waals surface area contributed by atoms with E-state index in [0.717, 1.165) is 39.3 Å². The number of hydrogen-bond donors (Lipinski definition) is 1. The molecular formula is C20H20N4O2S. The maximum atomic E-state index is 13.1. The van der Waals surface area contributed by atoms with Crippen LogP contribution in [0.3, 0.4) is 0 Å². The fourth-order valence-corrected chi connectivity index (χ4v) is 4.15. The van der Waals surface area contributed by atoms with Crippen LogP contribution < -0.4 is 0 Å². The molecule has 1 unspecified atom stereocenters. The van der Waals surface area contributed by atoms with Crippen molar-refractivity contribution < 1.29 is 9.21 Å². The summed E-state index contributed by atoms with van der Waals surface area (Å²) in [5.74, 6) is 1.60. The number of para-hydroxylation sites is 1. The van der Waals surface area contributed by atoms with E-state index in [1.165, 1.54) is 11.8 Å². The third kappa shape index (κ3) is 2.98. The molecule has 1 atom stereocenters. The maximum absolute atomic E-state index is 13.1. The number of nitrogens with zero attached hydrogens (tertiary/aromatic N) is 3. The Balaban J connectivity index is 1.62. The summed E-state index contributed by atoms with van der Waals surface area (Å²) in [5.41, 5.74) is 3.52. The number of nitrogens with one attached hydrogen (secondary N) is 1. The van der Waals surface area contributed by atoms with Crippen molar-refractivity contribution in [1.82, 2.24) is 19.7 Å². The molecule has 3 aromatic heterocycles. The van der Waals surface area contributed by atoms with Crippen molar-refractivity contribution in [2.45, 2.75) is 31.2 Å². The van der Waals surface area contributed by atoms with E-state index < -0.39 is 0 Å². The quantitative estimate of drug-likeness (QED) is 0.406. The second-order valence-corrected chi connectivity index (χ2v) is 7.86. The van der Waals surface area contributed by atoms with Crippen LogP contribution in [0, 0.1) is 13.8 Å². The molecule has 0 aliphatic rings. The summed E-state index contributed by atoms with van der Waals surface area (Å²) in [6.07, 6.45) is 1.64. The summed E-state index contributed by atoms with van der Waals surface area (Å²) in [4.78, 5) is 16.4. The van der Waals surface area contributed by atoms with E-state index in [4.69, 9.17) is 4.42 Å². The van der Waals surface area contributed by atoms with Gasteiger partial charge in [0.2, 0.25) is 0 Å². The molecule has 0 fully saturated rings. The second kappa shape index (κ2) is 6.74. The predicted octanol–water partition coefficient (Wildman–Crippen LogP) is 4.54. The molecule has 0 saturated heterocycles. The highest BCUT2D eigenvalue weighted by molar-refractivity contribution is 8.00. The normalized spacial score (nSPS) is 12.6. The van der Waals surface area contributed by atoms with Crippen molar-refractivity contribution in [3.63, 3.8) is 0 Å². The van der Waals surface area contributed by atoms with Crippen LogP contribution in [0.1, 0.15) is 28.7 Å². The maximum Gasteiger partial charge on any atom is 0.191 e. The molecule has 0 aliphatic carbocycles. The van der Waals surface area contributed by atoms with E-state index in [1.54, 1.807) is 6.26 Å². The van der Waals surface area contributed by atoms with Crippen molar-refractivity contribution >= 4 is 28.4 Å². The van der Waals surface area contributed by atoms with E-state index in [9.17, 15) is 4.79 Å². The molecule has 0 spiro atoms. The predicted molar refractivity (Wildman–Crippen MR) is 106 cm³/mol. The van der Waals surface area contributed by atoms with Crippen LogP contribution in [0.5, 0.6) is 0 Å². The lowest BCUT2D eigenvalue weighted by atomic mass is 10.1. The third-order valence-electron chi connectivity index (χ3n) is 4.73. The number of Topliss-reactive ketones (excluding diaryl/α,β-unsaturated/α-hetero) is 1. The number of hydrogen-bond acceptors (Lipinski definition) is 5. The monoisotopic (exact) mass is 380 g/mol. The number of H-pyrrole nitrogens is 1. The molecule has 138 valence electrons. The van der Waals surface area contributed by atoms with E-state index in [1.807, 2.05) is 62.7 Å². The zero-order valence-electron chi connectivity index (χ0n) is 15.6. The molecule has 0 radical (unpaired) electrons. The zero-order valence-corrected chi connectivity index (χ0v) is 16.4. The van der Waals surface area contributed by atoms with Gasteiger partial charge in [-0.05, 0) is 32.9 Å². The second-order valence-electron chi connectivity index (χ2n) is 6.55. The Bertz CT molecular complexity index is 1140. The van der Waals surface area contributed by atoms with E-state index >= 15 is 0 Å². The first-order valence-electron chi connectivity index (χ1n) is 8.69. The number of rotatable bonds is 5. The lowest BCUT2D eigenvalue weighted by Gasteiger charge is -2.10. The molecule has 1 N–H and O–H groups in total. The average molecular weight is 380 g/mol. The molecule has 0 aliphatic heterocycles. The van der Waals surface area contributed by atoms with Gasteiger partial charge < -0.3 is 14.0 Å². The average Bonchev–Trinajstić information content (AvgIpc) is 3.31. The van der Waals surface area contributed by atoms with Gasteiger partial charge in [-0.1, -0.05) is 30.0 Å². The standard InChI is InChI=1S/C20H20N4O2S/c1-11-17(15-7-5-6-8-16(15)21-11)18(25)13(3)27-20-23-22-19(24(20)4)14-9-10-26-12(14)2/h5-10,13,21H,1-4H3. The Hall–Kier alpha value is -2.80. The summed E-state index contributed by atoms with van der Waals surface area (Å²) in [5, 5.41) is 9.92. The minimum atomic E-state index is -0.288. The first-order chi connectivity index (χ1) is 13.0. The molecule has 6 nitrogen and oxygen atoms in total. The summed E-state index contributed by atoms with van der Waals surface area (Å²) >= 11 is 1.41. The summed E-state index contributed by atoms with van der Waals surface area (Å²) < 4.78 is 7.26. The van der Waals surface area contributed by atoms with Crippen LogP contribution in [-0.2, 0) is 7.05 Å². The lowest BCUT2D eigenvalue weighted by Crippen LogP contribution is -2.15. The van der Waals surface area contributed by atoms with Gasteiger partial charge in [-0.2, -0.15) is 0 Å². The Labute approximate surface area is 161 Å². The molecule has 1 aromatic carbocycles. The number of fused-ring (bicyclic) bond motifs is 1. The number of aromatic amines is 1. The molecular weight excluding hydrogens is 360 g/mol. The van der Waals surface area contributed by atoms with E-state index in [0.29, 0.717) is 5.16 Å². The van der Waals surface area contributed by atoms with Gasteiger partial charge in [-0.25, -0.2) is 0 Å². The van der Waals surface area contributed by atoms with Gasteiger partial charge in [0, 0.05) is 29.2 Å². The number of carbonyl (C=O) groups excluding carboxylic acids is 1. The Morgan fingerprint density at radius 3 is 2.74 bits per heavy atom. The minimum Gasteiger partial charge on any atom is -0.469 e. The van der Waals surface area contributed by atoms with Crippen molar-refractivity contribution in [3.05, 3.63) is 53.6 Å². The van der Waals surface area contributed by atoms with Crippen LogP contribution in [0.25, 0.3) is 22.3 Å². The van der Waals surface area contributed by atoms with Crippen LogP contribution in [0.2, 0.25) is 0 Å². The van der Waals surface area contributed by atoms with Gasteiger partial charge in [0.25, 0.3) is 0 Å². The highest BCUT2D eigenvalue weighted by Gasteiger charge is 2.25. The largest absolute Gasteiger partial charge is 0.469 e. The minimum absolute atomic E-state index is 0.0824. The number of ketones is 1. The van der Waals surface area contributed by atoms with Crippen molar-refractivity contribution in [3.8, 4) is 11.4 Å². The fraction of sp³-hybridized carbons (Fsp3) is 0.250. The summed E-state index contributed by atoms with van der Waals surface area (Å²) in [7, 11) is 1.90. The fourth-order valence-electron chi connectivity index (χ4n) is 3.28. The van der Waals surface area contributed by atoms with Gasteiger partial charge >= 0.3 is 0 Å². The SMILES string of the molecule is Cc1[nH]c2ccccc2c1C(=O)C(C)Sc1nnc(-c2ccoc2C)n1C. The van der Waals surface area contributed by atoms with Crippen LogP contribution in [0.15, 0.2) is 46.2 Å². The lowest BCUT2D eigenvalue weighted by molar-refractivity contribution is 0.0995. The highest BCUT2D eigenvalue weighted by atomic mass is 32.2. The van der Waals surface area contributed by atoms with Gasteiger partial charge in [-0.15, -0.1) is 10.2 Å². The Morgan fingerprint density at radius 2 is 2.00 bits per heavy atom. The molecule has 0 amide bonds. The molecule has 3 heterocycles. The van der Waals surface area contributed by atoms with Gasteiger partial charge in [0.05, 0.1) is 17.1 Å². The third-order valence-corrected chi connectivity index (χ3v) is 5.86. The van der Waals surface area contributed by atoms with Gasteiger partial charge in [0.1, 0.15) is 5.76 Å². The first kappa shape index (κ1) is 17.6. The number of aryl methyl sites for hydroxylation is 2. The van der Waals surface area contributed by atoms with Gasteiger partial charge in [-0.3, -0.25) is 4.79 Å². The van der Waals surface area contributed by atoms with Crippen molar-refractivity contribution in [2.75, 3.05) is 0 Å². The number of benzene rings is 1. The van der Waals surface area contributed by atoms with Crippen molar-refractivity contribution in [1.29, 1.82) is 0 Å². The van der Waals surface area contributed by atoms with E-state index in [2.05, 4.69) is 15.2 Å². The van der Waals surface area contributed by atoms with Crippen LogP contribution >= 0.6 is 11.8 Å². The number of aromatic nitrogens is 4. The number of thioether (sulfide) groups is 1. The Kier molecular flexibility index (Phi) is 4.39. The molecule has 4 rings (SSSR count). The van der Waals surface area contributed by atoms with Crippen LogP contribution in [-0.4, -0.2) is 30.8 Å².